The standard InChI is InChI=1S/C19H20F3NO2/c20-15-4-2-1-3-14(15)19(25)7-9-23(10-8-19)12-18(24)13-5-6-16(21)17(22)11-13/h1-6,11,18,24-25H,7-10,12H2. The van der Waals surface area contributed by atoms with Gasteiger partial charge in [0.2, 0.25) is 0 Å². The molecule has 2 aromatic rings. The molecule has 25 heavy (non-hydrogen) atoms. The van der Waals surface area contributed by atoms with E-state index in [2.05, 4.69) is 0 Å². The van der Waals surface area contributed by atoms with E-state index >= 15 is 0 Å². The van der Waals surface area contributed by atoms with E-state index in [9.17, 15) is 23.4 Å². The topological polar surface area (TPSA) is 43.7 Å². The van der Waals surface area contributed by atoms with Crippen molar-refractivity contribution in [2.24, 2.45) is 0 Å². The van der Waals surface area contributed by atoms with Crippen LogP contribution in [0, 0.1) is 17.5 Å². The van der Waals surface area contributed by atoms with Gasteiger partial charge >= 0.3 is 0 Å². The molecule has 1 unspecified atom stereocenters. The molecule has 0 radical (unpaired) electrons. The van der Waals surface area contributed by atoms with Gasteiger partial charge < -0.3 is 15.1 Å². The van der Waals surface area contributed by atoms with E-state index in [4.69, 9.17) is 0 Å². The number of nitrogens with zero attached hydrogens (tertiary/aromatic N) is 1. The molecule has 6 heteroatoms. The fraction of sp³-hybridized carbons (Fsp3) is 0.368. The van der Waals surface area contributed by atoms with Gasteiger partial charge in [0.05, 0.1) is 11.7 Å². The number of β-amino-alcohol motifs (C(OH)–C–C–N with tert-alkyl or cyclic N) is 1. The van der Waals surface area contributed by atoms with Crippen molar-refractivity contribution in [2.75, 3.05) is 19.6 Å². The summed E-state index contributed by atoms with van der Waals surface area (Å²) in [7, 11) is 0. The minimum atomic E-state index is -1.23. The first-order valence-electron chi connectivity index (χ1n) is 8.22. The fourth-order valence-electron chi connectivity index (χ4n) is 3.28. The maximum Gasteiger partial charge on any atom is 0.159 e. The molecule has 1 saturated heterocycles. The molecule has 1 atom stereocenters. The Balaban J connectivity index is 1.62. The second kappa shape index (κ2) is 7.15. The highest BCUT2D eigenvalue weighted by Gasteiger charge is 2.36. The molecule has 3 nitrogen and oxygen atoms in total. The van der Waals surface area contributed by atoms with E-state index in [0.717, 1.165) is 12.1 Å². The summed E-state index contributed by atoms with van der Waals surface area (Å²) < 4.78 is 40.2. The quantitative estimate of drug-likeness (QED) is 0.890. The molecule has 0 bridgehead atoms. The number of halogens is 3. The van der Waals surface area contributed by atoms with Crippen LogP contribution in [0.4, 0.5) is 13.2 Å². The zero-order valence-electron chi connectivity index (χ0n) is 13.6. The van der Waals surface area contributed by atoms with E-state index in [0.29, 0.717) is 31.5 Å². The third kappa shape index (κ3) is 3.86. The predicted octanol–water partition coefficient (Wildman–Crippen LogP) is 3.12. The van der Waals surface area contributed by atoms with Crippen LogP contribution in [-0.2, 0) is 5.60 Å². The zero-order chi connectivity index (χ0) is 18.0. The monoisotopic (exact) mass is 351 g/mol. The Morgan fingerprint density at radius 3 is 2.28 bits per heavy atom. The van der Waals surface area contributed by atoms with Gasteiger partial charge in [-0.15, -0.1) is 0 Å². The van der Waals surface area contributed by atoms with Crippen molar-refractivity contribution in [3.8, 4) is 0 Å². The lowest BCUT2D eigenvalue weighted by atomic mass is 9.84. The van der Waals surface area contributed by atoms with Gasteiger partial charge in [-0.25, -0.2) is 13.2 Å². The second-order valence-corrected chi connectivity index (χ2v) is 6.50. The summed E-state index contributed by atoms with van der Waals surface area (Å²) in [6.45, 7) is 1.16. The van der Waals surface area contributed by atoms with E-state index in [1.54, 1.807) is 18.2 Å². The van der Waals surface area contributed by atoms with Crippen LogP contribution in [-0.4, -0.2) is 34.7 Å². The summed E-state index contributed by atoms with van der Waals surface area (Å²) in [5.74, 6) is -2.38. The smallest absolute Gasteiger partial charge is 0.159 e. The van der Waals surface area contributed by atoms with E-state index in [1.165, 1.54) is 12.1 Å². The molecule has 0 spiro atoms. The summed E-state index contributed by atoms with van der Waals surface area (Å²) in [4.78, 5) is 1.92. The first kappa shape index (κ1) is 17.9. The predicted molar refractivity (Wildman–Crippen MR) is 87.3 cm³/mol. The molecule has 1 fully saturated rings. The van der Waals surface area contributed by atoms with Gasteiger partial charge in [0, 0.05) is 25.2 Å². The van der Waals surface area contributed by atoms with Crippen LogP contribution in [0.15, 0.2) is 42.5 Å². The molecule has 1 heterocycles. The van der Waals surface area contributed by atoms with Crippen LogP contribution in [0.25, 0.3) is 0 Å². The summed E-state index contributed by atoms with van der Waals surface area (Å²) in [5, 5.41) is 21.0. The van der Waals surface area contributed by atoms with Crippen LogP contribution in [0.1, 0.15) is 30.1 Å². The molecule has 1 aliphatic rings. The number of hydrogen-bond donors (Lipinski definition) is 2. The minimum absolute atomic E-state index is 0.235. The van der Waals surface area contributed by atoms with Crippen molar-refractivity contribution in [3.63, 3.8) is 0 Å². The lowest BCUT2D eigenvalue weighted by Crippen LogP contribution is -2.44. The minimum Gasteiger partial charge on any atom is -0.387 e. The second-order valence-electron chi connectivity index (χ2n) is 6.50. The number of aliphatic hydroxyl groups excluding tert-OH is 1. The normalized spacial score (nSPS) is 18.9. The number of aliphatic hydroxyl groups is 2. The van der Waals surface area contributed by atoms with E-state index in [1.807, 2.05) is 4.90 Å². The molecule has 0 amide bonds. The molecule has 2 N–H and O–H groups in total. The van der Waals surface area contributed by atoms with Crippen LogP contribution in [0.3, 0.4) is 0 Å². The van der Waals surface area contributed by atoms with E-state index in [-0.39, 0.29) is 12.1 Å². The molecule has 134 valence electrons. The van der Waals surface area contributed by atoms with Gasteiger partial charge in [-0.05, 0) is 36.6 Å². The average Bonchev–Trinajstić information content (AvgIpc) is 2.60. The molecule has 0 aliphatic carbocycles. The van der Waals surface area contributed by atoms with Crippen molar-refractivity contribution in [2.45, 2.75) is 24.5 Å². The lowest BCUT2D eigenvalue weighted by Gasteiger charge is -2.39. The molecular formula is C19H20F3NO2. The number of rotatable bonds is 4. The largest absolute Gasteiger partial charge is 0.387 e. The highest BCUT2D eigenvalue weighted by molar-refractivity contribution is 5.25. The van der Waals surface area contributed by atoms with Crippen LogP contribution in [0.5, 0.6) is 0 Å². The fourth-order valence-corrected chi connectivity index (χ4v) is 3.28. The maximum absolute atomic E-state index is 13.9. The van der Waals surface area contributed by atoms with Crippen molar-refractivity contribution in [3.05, 3.63) is 71.0 Å². The van der Waals surface area contributed by atoms with Crippen molar-refractivity contribution in [1.29, 1.82) is 0 Å². The first-order chi connectivity index (χ1) is 11.9. The van der Waals surface area contributed by atoms with Gasteiger partial charge in [-0.1, -0.05) is 24.3 Å². The average molecular weight is 351 g/mol. The molecule has 0 aromatic heterocycles. The van der Waals surface area contributed by atoms with Crippen molar-refractivity contribution in [1.82, 2.24) is 4.90 Å². The number of benzene rings is 2. The zero-order valence-corrected chi connectivity index (χ0v) is 13.6. The third-order valence-electron chi connectivity index (χ3n) is 4.82. The SMILES string of the molecule is OC(CN1CCC(O)(c2ccccc2F)CC1)c1ccc(F)c(F)c1. The van der Waals surface area contributed by atoms with E-state index < -0.39 is 29.2 Å². The Labute approximate surface area is 144 Å². The maximum atomic E-state index is 13.9. The van der Waals surface area contributed by atoms with Gasteiger partial charge in [-0.3, -0.25) is 0 Å². The Hall–Kier alpha value is -1.89. The molecule has 2 aromatic carbocycles. The number of piperidine rings is 1. The van der Waals surface area contributed by atoms with Gasteiger partial charge in [0.25, 0.3) is 0 Å². The Kier molecular flexibility index (Phi) is 5.13. The van der Waals surface area contributed by atoms with Gasteiger partial charge in [0.1, 0.15) is 5.82 Å². The van der Waals surface area contributed by atoms with Crippen molar-refractivity contribution < 1.29 is 23.4 Å². The molecule has 3 rings (SSSR count). The molecular weight excluding hydrogens is 331 g/mol. The molecule has 0 saturated carbocycles. The Bertz CT molecular complexity index is 745. The van der Waals surface area contributed by atoms with Crippen LogP contribution >= 0.6 is 0 Å². The van der Waals surface area contributed by atoms with Gasteiger partial charge in [0.15, 0.2) is 11.6 Å². The number of hydrogen-bond acceptors (Lipinski definition) is 3. The summed E-state index contributed by atoms with van der Waals surface area (Å²) >= 11 is 0. The Morgan fingerprint density at radius 2 is 1.64 bits per heavy atom. The van der Waals surface area contributed by atoms with Crippen LogP contribution in [0.2, 0.25) is 0 Å². The van der Waals surface area contributed by atoms with Crippen molar-refractivity contribution >= 4 is 0 Å². The third-order valence-corrected chi connectivity index (χ3v) is 4.82. The van der Waals surface area contributed by atoms with Gasteiger partial charge in [-0.2, -0.15) is 0 Å². The summed E-state index contributed by atoms with van der Waals surface area (Å²) in [6, 6.07) is 9.50. The van der Waals surface area contributed by atoms with Crippen LogP contribution < -0.4 is 0 Å². The first-order valence-corrected chi connectivity index (χ1v) is 8.22. The molecule has 1 aliphatic heterocycles. The summed E-state index contributed by atoms with van der Waals surface area (Å²) in [6.07, 6.45) is -0.300. The number of likely N-dealkylation sites (tertiary alicyclic amines) is 1. The summed E-state index contributed by atoms with van der Waals surface area (Å²) in [5.41, 5.74) is -0.640. The lowest BCUT2D eigenvalue weighted by molar-refractivity contribution is -0.0367. The highest BCUT2D eigenvalue weighted by Crippen LogP contribution is 2.34. The Morgan fingerprint density at radius 1 is 0.960 bits per heavy atom. The highest BCUT2D eigenvalue weighted by atomic mass is 19.2.